The maximum Gasteiger partial charge on any atom is 0.0642 e. The summed E-state index contributed by atoms with van der Waals surface area (Å²) in [5.74, 6) is 0. The Kier molecular flexibility index (Phi) is 6.77. The molecule has 0 amide bonds. The summed E-state index contributed by atoms with van der Waals surface area (Å²) in [7, 11) is 0. The largest absolute Gasteiger partial charge is 0.378 e. The molecule has 0 atom stereocenters. The fourth-order valence-corrected chi connectivity index (χ4v) is 4.90. The van der Waals surface area contributed by atoms with Crippen molar-refractivity contribution >= 4 is 18.0 Å². The maximum absolute atomic E-state index is 5.63. The Labute approximate surface area is 197 Å². The predicted octanol–water partition coefficient (Wildman–Crippen LogP) is 4.57. The molecule has 0 radical (unpaired) electrons. The van der Waals surface area contributed by atoms with E-state index < -0.39 is 0 Å². The first-order valence-electron chi connectivity index (χ1n) is 12.2. The molecule has 2 heterocycles. The van der Waals surface area contributed by atoms with Gasteiger partial charge in [-0.2, -0.15) is 5.10 Å². The van der Waals surface area contributed by atoms with Crippen LogP contribution in [0.15, 0.2) is 76.5 Å². The van der Waals surface area contributed by atoms with Gasteiger partial charge >= 0.3 is 0 Å². The number of hydrazone groups is 1. The highest BCUT2D eigenvalue weighted by atomic mass is 16.5. The van der Waals surface area contributed by atoms with Gasteiger partial charge in [-0.05, 0) is 54.7 Å². The molecule has 0 unspecified atom stereocenters. The number of rotatable bonds is 5. The van der Waals surface area contributed by atoms with Crippen molar-refractivity contribution in [1.82, 2.24) is 9.91 Å². The molecule has 0 saturated carbocycles. The number of hydrogen-bond donors (Lipinski definition) is 0. The molecule has 5 rings (SSSR count). The molecule has 172 valence electrons. The van der Waals surface area contributed by atoms with Crippen molar-refractivity contribution < 1.29 is 4.74 Å². The van der Waals surface area contributed by atoms with Gasteiger partial charge in [0.25, 0.3) is 0 Å². The van der Waals surface area contributed by atoms with Crippen LogP contribution >= 0.6 is 0 Å². The zero-order valence-corrected chi connectivity index (χ0v) is 19.6. The Hall–Kier alpha value is -3.05. The number of morpholine rings is 1. The monoisotopic (exact) mass is 442 g/mol. The summed E-state index contributed by atoms with van der Waals surface area (Å²) in [6, 6.07) is 19.5. The summed E-state index contributed by atoms with van der Waals surface area (Å²) in [4.78, 5) is 4.96. The number of ether oxygens (including phenoxy) is 1. The van der Waals surface area contributed by atoms with E-state index in [9.17, 15) is 0 Å². The molecule has 5 nitrogen and oxygen atoms in total. The van der Waals surface area contributed by atoms with Crippen LogP contribution in [0.25, 0.3) is 6.08 Å². The standard InChI is InChI=1S/C28H34N4O/c1-23-7-11-27(12-8-23)30-13-15-32(16-14-30)29-22-26-10-9-25(21-24-5-3-2-4-6-24)28(26)31-17-19-33-20-18-31/h2-8,11-12,21-22H,9-10,13-20H2,1H3/b25-21+,29-22-. The highest BCUT2D eigenvalue weighted by Gasteiger charge is 2.26. The second kappa shape index (κ2) is 10.3. The fourth-order valence-electron chi connectivity index (χ4n) is 4.90. The number of nitrogens with zero attached hydrogens (tertiary/aromatic N) is 4. The van der Waals surface area contributed by atoms with Crippen molar-refractivity contribution in [3.8, 4) is 0 Å². The van der Waals surface area contributed by atoms with E-state index in [0.29, 0.717) is 0 Å². The summed E-state index contributed by atoms with van der Waals surface area (Å²) in [5, 5.41) is 7.16. The number of aryl methyl sites for hydroxylation is 1. The number of piperazine rings is 1. The molecule has 2 aromatic carbocycles. The van der Waals surface area contributed by atoms with Crippen LogP contribution in [0, 0.1) is 6.92 Å². The first-order chi connectivity index (χ1) is 16.3. The van der Waals surface area contributed by atoms with E-state index in [0.717, 1.165) is 65.3 Å². The van der Waals surface area contributed by atoms with Gasteiger partial charge in [-0.1, -0.05) is 48.0 Å². The van der Waals surface area contributed by atoms with Crippen LogP contribution in [0.2, 0.25) is 0 Å². The molecule has 0 aromatic heterocycles. The smallest absolute Gasteiger partial charge is 0.0642 e. The summed E-state index contributed by atoms with van der Waals surface area (Å²) >= 11 is 0. The topological polar surface area (TPSA) is 31.3 Å². The summed E-state index contributed by atoms with van der Waals surface area (Å²) in [5.41, 5.74) is 8.05. The van der Waals surface area contributed by atoms with Gasteiger partial charge in [0.2, 0.25) is 0 Å². The van der Waals surface area contributed by atoms with Gasteiger partial charge in [0.1, 0.15) is 0 Å². The maximum atomic E-state index is 5.63. The van der Waals surface area contributed by atoms with Crippen molar-refractivity contribution in [3.05, 3.63) is 82.6 Å². The van der Waals surface area contributed by atoms with Crippen LogP contribution in [0.5, 0.6) is 0 Å². The molecule has 3 aliphatic rings. The summed E-state index contributed by atoms with van der Waals surface area (Å²) < 4.78 is 5.63. The third-order valence-electron chi connectivity index (χ3n) is 6.77. The van der Waals surface area contributed by atoms with Gasteiger partial charge in [0.15, 0.2) is 0 Å². The lowest BCUT2D eigenvalue weighted by molar-refractivity contribution is 0.0548. The normalized spacial score (nSPS) is 21.0. The van der Waals surface area contributed by atoms with Crippen LogP contribution < -0.4 is 4.90 Å². The molecule has 0 spiro atoms. The van der Waals surface area contributed by atoms with Crippen LogP contribution in [0.3, 0.4) is 0 Å². The number of anilines is 1. The van der Waals surface area contributed by atoms with Gasteiger partial charge in [-0.25, -0.2) is 0 Å². The average molecular weight is 443 g/mol. The Bertz CT molecular complexity index is 1010. The molecule has 0 N–H and O–H groups in total. The predicted molar refractivity (Wildman–Crippen MR) is 137 cm³/mol. The molecule has 2 aliphatic heterocycles. The molecular weight excluding hydrogens is 408 g/mol. The molecule has 0 bridgehead atoms. The van der Waals surface area contributed by atoms with Gasteiger partial charge in [0, 0.05) is 37.6 Å². The number of allylic oxidation sites excluding steroid dienone is 2. The van der Waals surface area contributed by atoms with E-state index in [1.54, 1.807) is 0 Å². The van der Waals surface area contributed by atoms with E-state index in [1.165, 1.54) is 33.7 Å². The quantitative estimate of drug-likeness (QED) is 0.635. The Balaban J connectivity index is 1.30. The zero-order valence-electron chi connectivity index (χ0n) is 19.6. The van der Waals surface area contributed by atoms with Crippen LogP contribution in [-0.2, 0) is 4.74 Å². The summed E-state index contributed by atoms with van der Waals surface area (Å²) in [6.45, 7) is 9.57. The SMILES string of the molecule is Cc1ccc(N2CCN(/N=C\C3=C(N4CCOCC4)C(=C/c4ccccc4)/CC3)CC2)cc1. The highest BCUT2D eigenvalue weighted by molar-refractivity contribution is 5.83. The van der Waals surface area contributed by atoms with Gasteiger partial charge < -0.3 is 14.5 Å². The zero-order chi connectivity index (χ0) is 22.5. The minimum Gasteiger partial charge on any atom is -0.378 e. The van der Waals surface area contributed by atoms with Crippen LogP contribution in [0.4, 0.5) is 5.69 Å². The molecule has 5 heteroatoms. The van der Waals surface area contributed by atoms with Crippen LogP contribution in [-0.4, -0.2) is 68.6 Å². The van der Waals surface area contributed by atoms with E-state index in [1.807, 2.05) is 0 Å². The molecular formula is C28H34N4O. The highest BCUT2D eigenvalue weighted by Crippen LogP contribution is 2.35. The van der Waals surface area contributed by atoms with E-state index in [-0.39, 0.29) is 0 Å². The first kappa shape index (κ1) is 21.8. The first-order valence-corrected chi connectivity index (χ1v) is 12.2. The van der Waals surface area contributed by atoms with Gasteiger partial charge in [-0.15, -0.1) is 0 Å². The average Bonchev–Trinajstić information content (AvgIpc) is 3.27. The van der Waals surface area contributed by atoms with Crippen molar-refractivity contribution in [3.63, 3.8) is 0 Å². The van der Waals surface area contributed by atoms with E-state index in [4.69, 9.17) is 9.84 Å². The fraction of sp³-hybridized carbons (Fsp3) is 0.393. The van der Waals surface area contributed by atoms with Gasteiger partial charge in [0.05, 0.1) is 32.5 Å². The van der Waals surface area contributed by atoms with E-state index in [2.05, 4.69) is 88.6 Å². The second-order valence-electron chi connectivity index (χ2n) is 9.07. The summed E-state index contributed by atoms with van der Waals surface area (Å²) in [6.07, 6.45) is 6.62. The number of benzene rings is 2. The third kappa shape index (κ3) is 5.31. The number of hydrogen-bond acceptors (Lipinski definition) is 5. The van der Waals surface area contributed by atoms with Crippen LogP contribution in [0.1, 0.15) is 24.0 Å². The lowest BCUT2D eigenvalue weighted by Crippen LogP contribution is -2.44. The molecule has 2 fully saturated rings. The minimum atomic E-state index is 0.799. The second-order valence-corrected chi connectivity index (χ2v) is 9.07. The Morgan fingerprint density at radius 1 is 0.788 bits per heavy atom. The molecule has 1 aliphatic carbocycles. The Morgan fingerprint density at radius 2 is 1.52 bits per heavy atom. The molecule has 2 saturated heterocycles. The van der Waals surface area contributed by atoms with Crippen molar-refractivity contribution in [2.45, 2.75) is 19.8 Å². The lowest BCUT2D eigenvalue weighted by Gasteiger charge is -2.34. The Morgan fingerprint density at radius 3 is 2.24 bits per heavy atom. The lowest BCUT2D eigenvalue weighted by atomic mass is 10.1. The van der Waals surface area contributed by atoms with Crippen molar-refractivity contribution in [1.29, 1.82) is 0 Å². The van der Waals surface area contributed by atoms with Crippen molar-refractivity contribution in [2.24, 2.45) is 5.10 Å². The molecule has 33 heavy (non-hydrogen) atoms. The van der Waals surface area contributed by atoms with Crippen molar-refractivity contribution in [2.75, 3.05) is 57.4 Å². The van der Waals surface area contributed by atoms with E-state index >= 15 is 0 Å². The minimum absolute atomic E-state index is 0.799. The third-order valence-corrected chi connectivity index (χ3v) is 6.77. The molecule has 2 aromatic rings. The van der Waals surface area contributed by atoms with Gasteiger partial charge in [-0.3, -0.25) is 5.01 Å².